The average molecular weight is 356 g/mol. The van der Waals surface area contributed by atoms with Crippen molar-refractivity contribution in [3.8, 4) is 0 Å². The number of amides is 2. The number of nitrogens with one attached hydrogen (secondary N) is 2. The van der Waals surface area contributed by atoms with E-state index in [0.29, 0.717) is 0 Å². The number of hydrogen-bond acceptors (Lipinski definition) is 5. The number of benzene rings is 2. The van der Waals surface area contributed by atoms with Crippen molar-refractivity contribution in [3.05, 3.63) is 71.8 Å². The van der Waals surface area contributed by atoms with Gasteiger partial charge >= 0.3 is 12.2 Å². The fraction of sp³-hybridized carbons (Fsp3) is 0.211. The predicted octanol–water partition coefficient (Wildman–Crippen LogP) is 2.41. The molecular formula is C19H20N2O5. The Hall–Kier alpha value is -3.35. The molecule has 0 spiro atoms. The van der Waals surface area contributed by atoms with Gasteiger partial charge in [0.2, 0.25) is 0 Å². The minimum atomic E-state index is -0.700. The van der Waals surface area contributed by atoms with Crippen LogP contribution in [0.3, 0.4) is 0 Å². The normalized spacial score (nSPS) is 9.85. The van der Waals surface area contributed by atoms with Gasteiger partial charge in [-0.05, 0) is 11.1 Å². The van der Waals surface area contributed by atoms with Gasteiger partial charge in [-0.3, -0.25) is 4.79 Å². The quantitative estimate of drug-likeness (QED) is 0.757. The largest absolute Gasteiger partial charge is 0.445 e. The third-order valence-corrected chi connectivity index (χ3v) is 3.29. The number of rotatable bonds is 8. The molecule has 2 aromatic carbocycles. The Morgan fingerprint density at radius 1 is 0.654 bits per heavy atom. The lowest BCUT2D eigenvalue weighted by Crippen LogP contribution is -2.37. The summed E-state index contributed by atoms with van der Waals surface area (Å²) in [6.45, 7) is -0.255. The van der Waals surface area contributed by atoms with Crippen molar-refractivity contribution in [2.24, 2.45) is 0 Å². The van der Waals surface area contributed by atoms with Gasteiger partial charge in [-0.25, -0.2) is 9.59 Å². The minimum absolute atomic E-state index is 0.116. The fourth-order valence-electron chi connectivity index (χ4n) is 1.95. The molecule has 0 radical (unpaired) electrons. The van der Waals surface area contributed by atoms with Crippen LogP contribution >= 0.6 is 0 Å². The van der Waals surface area contributed by atoms with Crippen LogP contribution in [-0.4, -0.2) is 31.1 Å². The SMILES string of the molecule is O=C(CNC(=O)OCc1ccccc1)CNC(=O)OCc1ccccc1. The van der Waals surface area contributed by atoms with Crippen molar-refractivity contribution in [2.45, 2.75) is 13.2 Å². The fourth-order valence-corrected chi connectivity index (χ4v) is 1.95. The van der Waals surface area contributed by atoms with Crippen LogP contribution in [0.1, 0.15) is 11.1 Å². The molecule has 0 saturated heterocycles. The molecule has 0 bridgehead atoms. The lowest BCUT2D eigenvalue weighted by atomic mass is 10.2. The first kappa shape index (κ1) is 19.0. The monoisotopic (exact) mass is 356 g/mol. The topological polar surface area (TPSA) is 93.7 Å². The number of carbonyl (C=O) groups excluding carboxylic acids is 3. The molecule has 0 unspecified atom stereocenters. The second kappa shape index (κ2) is 10.5. The highest BCUT2D eigenvalue weighted by atomic mass is 16.6. The summed E-state index contributed by atoms with van der Waals surface area (Å²) in [5.41, 5.74) is 1.69. The van der Waals surface area contributed by atoms with Crippen molar-refractivity contribution >= 4 is 18.0 Å². The van der Waals surface area contributed by atoms with Gasteiger partial charge in [-0.1, -0.05) is 60.7 Å². The maximum absolute atomic E-state index is 11.7. The summed E-state index contributed by atoms with van der Waals surface area (Å²) >= 11 is 0. The second-order valence-corrected chi connectivity index (χ2v) is 5.37. The van der Waals surface area contributed by atoms with Gasteiger partial charge in [0.25, 0.3) is 0 Å². The molecule has 7 nitrogen and oxygen atoms in total. The molecule has 0 heterocycles. The third kappa shape index (κ3) is 7.48. The molecule has 0 atom stereocenters. The van der Waals surface area contributed by atoms with Gasteiger partial charge < -0.3 is 20.1 Å². The summed E-state index contributed by atoms with van der Waals surface area (Å²) in [4.78, 5) is 34.7. The van der Waals surface area contributed by atoms with Crippen LogP contribution in [0.2, 0.25) is 0 Å². The van der Waals surface area contributed by atoms with Crippen LogP contribution in [0.15, 0.2) is 60.7 Å². The van der Waals surface area contributed by atoms with Gasteiger partial charge in [-0.15, -0.1) is 0 Å². The van der Waals surface area contributed by atoms with Crippen molar-refractivity contribution < 1.29 is 23.9 Å². The summed E-state index contributed by atoms with van der Waals surface area (Å²) < 4.78 is 9.95. The van der Waals surface area contributed by atoms with E-state index in [1.807, 2.05) is 60.7 Å². The highest BCUT2D eigenvalue weighted by Gasteiger charge is 2.09. The first-order valence-corrected chi connectivity index (χ1v) is 8.04. The number of alkyl carbamates (subject to hydrolysis) is 2. The van der Waals surface area contributed by atoms with Crippen molar-refractivity contribution in [1.29, 1.82) is 0 Å². The summed E-state index contributed by atoms with van der Waals surface area (Å²) in [5, 5.41) is 4.66. The van der Waals surface area contributed by atoms with Gasteiger partial charge in [0.05, 0.1) is 13.1 Å². The molecule has 0 fully saturated rings. The van der Waals surface area contributed by atoms with E-state index in [9.17, 15) is 14.4 Å². The first-order valence-electron chi connectivity index (χ1n) is 8.04. The molecule has 2 aromatic rings. The molecule has 0 aliphatic carbocycles. The lowest BCUT2D eigenvalue weighted by Gasteiger charge is -2.08. The highest BCUT2D eigenvalue weighted by Crippen LogP contribution is 2.01. The van der Waals surface area contributed by atoms with Gasteiger partial charge in [0.1, 0.15) is 13.2 Å². The Kier molecular flexibility index (Phi) is 7.67. The van der Waals surface area contributed by atoms with Gasteiger partial charge in [-0.2, -0.15) is 0 Å². The summed E-state index contributed by atoms with van der Waals surface area (Å²) in [6, 6.07) is 18.4. The van der Waals surface area contributed by atoms with E-state index in [1.54, 1.807) is 0 Å². The molecule has 2 rings (SSSR count). The van der Waals surface area contributed by atoms with Crippen molar-refractivity contribution in [1.82, 2.24) is 10.6 Å². The van der Waals surface area contributed by atoms with E-state index < -0.39 is 12.2 Å². The number of Topliss-reactive ketones (excluding diaryl/α,β-unsaturated/α-hetero) is 1. The maximum atomic E-state index is 11.7. The molecule has 26 heavy (non-hydrogen) atoms. The standard InChI is InChI=1S/C19H20N2O5/c22-17(11-20-18(23)25-13-15-7-3-1-4-8-15)12-21-19(24)26-14-16-9-5-2-6-10-16/h1-10H,11-14H2,(H,20,23)(H,21,24). The number of hydrogen-bond donors (Lipinski definition) is 2. The Bertz CT molecular complexity index is 658. The highest BCUT2D eigenvalue weighted by molar-refractivity contribution is 5.87. The Balaban J connectivity index is 1.56. The molecule has 0 aliphatic rings. The van der Waals surface area contributed by atoms with Crippen LogP contribution in [0.4, 0.5) is 9.59 Å². The number of carbonyl (C=O) groups is 3. The Labute approximate surface area is 151 Å². The molecular weight excluding hydrogens is 336 g/mol. The minimum Gasteiger partial charge on any atom is -0.445 e. The number of ether oxygens (including phenoxy) is 2. The summed E-state index contributed by atoms with van der Waals surface area (Å²) in [5.74, 6) is -0.377. The molecule has 2 amide bonds. The predicted molar refractivity (Wildman–Crippen MR) is 94.3 cm³/mol. The molecule has 0 saturated carbocycles. The van der Waals surface area contributed by atoms with Crippen molar-refractivity contribution in [3.63, 3.8) is 0 Å². The summed E-state index contributed by atoms with van der Waals surface area (Å²) in [6.07, 6.45) is -1.40. The first-order chi connectivity index (χ1) is 12.6. The molecule has 2 N–H and O–H groups in total. The zero-order valence-corrected chi connectivity index (χ0v) is 14.1. The van der Waals surface area contributed by atoms with Crippen LogP contribution < -0.4 is 10.6 Å². The van der Waals surface area contributed by atoms with Gasteiger partial charge in [0.15, 0.2) is 5.78 Å². The van der Waals surface area contributed by atoms with E-state index in [4.69, 9.17) is 9.47 Å². The smallest absolute Gasteiger partial charge is 0.407 e. The number of ketones is 1. The van der Waals surface area contributed by atoms with Crippen LogP contribution in [0.5, 0.6) is 0 Å². The third-order valence-electron chi connectivity index (χ3n) is 3.29. The zero-order chi connectivity index (χ0) is 18.6. The average Bonchev–Trinajstić information content (AvgIpc) is 2.69. The molecule has 136 valence electrons. The van der Waals surface area contributed by atoms with E-state index >= 15 is 0 Å². The molecule has 0 aromatic heterocycles. The second-order valence-electron chi connectivity index (χ2n) is 5.37. The van der Waals surface area contributed by atoms with E-state index in [0.717, 1.165) is 11.1 Å². The van der Waals surface area contributed by atoms with Crippen molar-refractivity contribution in [2.75, 3.05) is 13.1 Å². The lowest BCUT2D eigenvalue weighted by molar-refractivity contribution is -0.117. The maximum Gasteiger partial charge on any atom is 0.407 e. The Morgan fingerprint density at radius 3 is 1.42 bits per heavy atom. The van der Waals surface area contributed by atoms with Crippen LogP contribution in [-0.2, 0) is 27.5 Å². The molecule has 0 aliphatic heterocycles. The molecule has 7 heteroatoms. The summed E-state index contributed by atoms with van der Waals surface area (Å²) in [7, 11) is 0. The van der Waals surface area contributed by atoms with Crippen LogP contribution in [0, 0.1) is 0 Å². The van der Waals surface area contributed by atoms with E-state index in [1.165, 1.54) is 0 Å². The van der Waals surface area contributed by atoms with Gasteiger partial charge in [0, 0.05) is 0 Å². The Morgan fingerprint density at radius 2 is 1.04 bits per heavy atom. The van der Waals surface area contributed by atoms with Crippen LogP contribution in [0.25, 0.3) is 0 Å². The van der Waals surface area contributed by atoms with E-state index in [2.05, 4.69) is 10.6 Å². The van der Waals surface area contributed by atoms with E-state index in [-0.39, 0.29) is 32.1 Å². The zero-order valence-electron chi connectivity index (χ0n) is 14.1.